The Hall–Kier alpha value is -2.29. The van der Waals surface area contributed by atoms with Crippen LogP contribution in [0.5, 0.6) is 0 Å². The molecule has 0 aliphatic heterocycles. The summed E-state index contributed by atoms with van der Waals surface area (Å²) in [6.07, 6.45) is -0.648. The summed E-state index contributed by atoms with van der Waals surface area (Å²) in [5, 5.41) is 13.1. The van der Waals surface area contributed by atoms with Gasteiger partial charge in [-0.3, -0.25) is 0 Å². The fraction of sp³-hybridized carbons (Fsp3) is 0.500. The SMILES string of the molecule is Cc1ccccc1C(O)(c1ccccc1C)C(NS(=O)(=O)c1c(C(C)C)cc(C(C)C)cc1C(C)C)C(C)O[Si](C)(C)C. The molecule has 5 nitrogen and oxygen atoms in total. The minimum absolute atomic E-state index is 0.0245. The number of hydrogen-bond acceptors (Lipinski definition) is 4. The van der Waals surface area contributed by atoms with Crippen molar-refractivity contribution in [1.82, 2.24) is 4.72 Å². The average Bonchev–Trinajstić information content (AvgIpc) is 2.90. The monoisotopic (exact) mass is 623 g/mol. The summed E-state index contributed by atoms with van der Waals surface area (Å²) >= 11 is 0. The van der Waals surface area contributed by atoms with Gasteiger partial charge in [-0.05, 0) is 97.1 Å². The van der Waals surface area contributed by atoms with Gasteiger partial charge in [0.05, 0.1) is 17.0 Å². The second-order valence-corrected chi connectivity index (χ2v) is 20.0. The number of sulfonamides is 1. The van der Waals surface area contributed by atoms with Gasteiger partial charge in [-0.1, -0.05) is 102 Å². The van der Waals surface area contributed by atoms with E-state index in [0.717, 1.165) is 27.8 Å². The molecule has 7 heteroatoms. The van der Waals surface area contributed by atoms with Crippen molar-refractivity contribution in [2.24, 2.45) is 0 Å². The van der Waals surface area contributed by atoms with Crippen molar-refractivity contribution >= 4 is 18.3 Å². The van der Waals surface area contributed by atoms with Crippen molar-refractivity contribution in [2.45, 2.75) is 122 Å². The Bertz CT molecular complexity index is 1450. The molecular formula is C36H53NO4SSi. The Morgan fingerprint density at radius 2 is 1.16 bits per heavy atom. The minimum atomic E-state index is -4.15. The molecular weight excluding hydrogens is 571 g/mol. The van der Waals surface area contributed by atoms with E-state index in [2.05, 4.69) is 38.2 Å². The van der Waals surface area contributed by atoms with Crippen molar-refractivity contribution < 1.29 is 18.0 Å². The molecule has 2 unspecified atom stereocenters. The maximum absolute atomic E-state index is 14.9. The predicted octanol–water partition coefficient (Wildman–Crippen LogP) is 8.50. The van der Waals surface area contributed by atoms with Gasteiger partial charge in [-0.15, -0.1) is 0 Å². The zero-order valence-corrected chi connectivity index (χ0v) is 30.1. The van der Waals surface area contributed by atoms with Gasteiger partial charge in [0.25, 0.3) is 0 Å². The van der Waals surface area contributed by atoms with E-state index in [1.807, 2.05) is 109 Å². The standard InChI is InChI=1S/C36H53NO4SSi/c1-23(2)29-21-30(24(3)4)34(31(22-29)25(5)6)42(39,40)37-35(28(9)41-43(10,11)12)36(38,32-19-15-13-17-26(32)7)33-20-16-14-18-27(33)8/h13-25,28,35,37-38H,1-12H3. The highest BCUT2D eigenvalue weighted by Crippen LogP contribution is 2.41. The Morgan fingerprint density at radius 1 is 0.744 bits per heavy atom. The van der Waals surface area contributed by atoms with Gasteiger partial charge in [-0.25, -0.2) is 13.1 Å². The van der Waals surface area contributed by atoms with Crippen LogP contribution in [0.2, 0.25) is 19.6 Å². The molecule has 0 aliphatic rings. The van der Waals surface area contributed by atoms with Crippen LogP contribution in [-0.4, -0.2) is 34.0 Å². The second-order valence-electron chi connectivity index (χ2n) is 13.9. The molecule has 0 aliphatic carbocycles. The average molecular weight is 624 g/mol. The maximum Gasteiger partial charge on any atom is 0.241 e. The highest BCUT2D eigenvalue weighted by atomic mass is 32.2. The lowest BCUT2D eigenvalue weighted by Gasteiger charge is -2.43. The van der Waals surface area contributed by atoms with Crippen molar-refractivity contribution in [3.05, 3.63) is 99.6 Å². The lowest BCUT2D eigenvalue weighted by atomic mass is 9.75. The van der Waals surface area contributed by atoms with E-state index in [4.69, 9.17) is 4.43 Å². The van der Waals surface area contributed by atoms with E-state index in [1.54, 1.807) is 0 Å². The zero-order valence-electron chi connectivity index (χ0n) is 28.2. The summed E-state index contributed by atoms with van der Waals surface area (Å²) in [7, 11) is -6.32. The van der Waals surface area contributed by atoms with E-state index < -0.39 is 36.1 Å². The first kappa shape index (κ1) is 35.2. The molecule has 0 radical (unpaired) electrons. The Balaban J connectivity index is 2.41. The number of nitrogens with one attached hydrogen (secondary N) is 1. The van der Waals surface area contributed by atoms with Crippen LogP contribution in [0.15, 0.2) is 65.6 Å². The maximum atomic E-state index is 14.9. The molecule has 3 aromatic rings. The molecule has 0 fully saturated rings. The predicted molar refractivity (Wildman–Crippen MR) is 182 cm³/mol. The first-order chi connectivity index (χ1) is 19.8. The highest BCUT2D eigenvalue weighted by Gasteiger charge is 2.48. The molecule has 43 heavy (non-hydrogen) atoms. The van der Waals surface area contributed by atoms with Crippen LogP contribution >= 0.6 is 0 Å². The van der Waals surface area contributed by atoms with Crippen LogP contribution in [0.25, 0.3) is 0 Å². The van der Waals surface area contributed by atoms with Crippen molar-refractivity contribution in [3.8, 4) is 0 Å². The summed E-state index contributed by atoms with van der Waals surface area (Å²) in [5.74, 6) is 0.205. The van der Waals surface area contributed by atoms with Gasteiger partial charge < -0.3 is 9.53 Å². The van der Waals surface area contributed by atoms with Gasteiger partial charge in [0.1, 0.15) is 5.60 Å². The molecule has 0 amide bonds. The molecule has 0 heterocycles. The molecule has 3 aromatic carbocycles. The summed E-state index contributed by atoms with van der Waals surface area (Å²) in [6, 6.07) is 18.4. The fourth-order valence-corrected chi connectivity index (χ4v) is 9.33. The third-order valence-corrected chi connectivity index (χ3v) is 10.9. The van der Waals surface area contributed by atoms with Gasteiger partial charge in [0.15, 0.2) is 8.32 Å². The molecule has 0 bridgehead atoms. The van der Waals surface area contributed by atoms with Gasteiger partial charge in [0.2, 0.25) is 10.0 Å². The third kappa shape index (κ3) is 7.69. The molecule has 236 valence electrons. The van der Waals surface area contributed by atoms with Crippen molar-refractivity contribution in [2.75, 3.05) is 0 Å². The van der Waals surface area contributed by atoms with Crippen molar-refractivity contribution in [3.63, 3.8) is 0 Å². The summed E-state index contributed by atoms with van der Waals surface area (Å²) in [6.45, 7) is 24.4. The van der Waals surface area contributed by atoms with E-state index >= 15 is 0 Å². The van der Waals surface area contributed by atoms with Gasteiger partial charge in [0, 0.05) is 0 Å². The molecule has 3 rings (SSSR count). The summed E-state index contributed by atoms with van der Waals surface area (Å²) in [5.41, 5.74) is 3.99. The lowest BCUT2D eigenvalue weighted by Crippen LogP contribution is -2.59. The summed E-state index contributed by atoms with van der Waals surface area (Å²) < 4.78 is 39.4. The highest BCUT2D eigenvalue weighted by molar-refractivity contribution is 7.89. The number of aryl methyl sites for hydroxylation is 2. The molecule has 0 saturated carbocycles. The molecule has 2 N–H and O–H groups in total. The van der Waals surface area contributed by atoms with E-state index in [-0.39, 0.29) is 17.8 Å². The van der Waals surface area contributed by atoms with E-state index in [0.29, 0.717) is 16.0 Å². The van der Waals surface area contributed by atoms with Crippen LogP contribution in [-0.2, 0) is 20.1 Å². The van der Waals surface area contributed by atoms with Crippen molar-refractivity contribution in [1.29, 1.82) is 0 Å². The van der Waals surface area contributed by atoms with Crippen LogP contribution < -0.4 is 4.72 Å². The van der Waals surface area contributed by atoms with Crippen LogP contribution in [0.3, 0.4) is 0 Å². The Labute approximate surface area is 262 Å². The van der Waals surface area contributed by atoms with E-state index in [9.17, 15) is 13.5 Å². The molecule has 0 aromatic heterocycles. The number of aliphatic hydroxyl groups is 1. The first-order valence-electron chi connectivity index (χ1n) is 15.5. The third-order valence-electron chi connectivity index (χ3n) is 8.20. The molecule has 2 atom stereocenters. The number of benzene rings is 3. The topological polar surface area (TPSA) is 75.6 Å². The second kappa shape index (κ2) is 13.4. The molecule has 0 saturated heterocycles. The minimum Gasteiger partial charge on any atom is -0.413 e. The van der Waals surface area contributed by atoms with Gasteiger partial charge >= 0.3 is 0 Å². The summed E-state index contributed by atoms with van der Waals surface area (Å²) in [4.78, 5) is 0.309. The smallest absolute Gasteiger partial charge is 0.241 e. The van der Waals surface area contributed by atoms with Crippen LogP contribution in [0, 0.1) is 13.8 Å². The number of rotatable bonds is 12. The van der Waals surface area contributed by atoms with Gasteiger partial charge in [-0.2, -0.15) is 0 Å². The number of hydrogen-bond donors (Lipinski definition) is 2. The quantitative estimate of drug-likeness (QED) is 0.198. The fourth-order valence-electron chi connectivity index (χ4n) is 6.05. The van der Waals surface area contributed by atoms with E-state index in [1.165, 1.54) is 0 Å². The zero-order chi connectivity index (χ0) is 32.5. The normalized spacial score (nSPS) is 14.5. The lowest BCUT2D eigenvalue weighted by molar-refractivity contribution is -0.00183. The Kier molecular flexibility index (Phi) is 10.9. The first-order valence-corrected chi connectivity index (χ1v) is 20.4. The largest absolute Gasteiger partial charge is 0.413 e. The van der Waals surface area contributed by atoms with Crippen LogP contribution in [0.4, 0.5) is 0 Å². The van der Waals surface area contributed by atoms with Crippen LogP contribution in [0.1, 0.15) is 105 Å². The Morgan fingerprint density at radius 3 is 1.51 bits per heavy atom. The molecule has 0 spiro atoms.